The largest absolute Gasteiger partial charge is 0.477 e. The molecule has 1 aromatic rings. The van der Waals surface area contributed by atoms with Gasteiger partial charge in [-0.05, 0) is 25.5 Å². The van der Waals surface area contributed by atoms with Crippen molar-refractivity contribution >= 4 is 0 Å². The molecule has 1 rings (SSSR count). The molecule has 0 bridgehead atoms. The lowest BCUT2D eigenvalue weighted by atomic mass is 10.3. The van der Waals surface area contributed by atoms with E-state index in [1.807, 2.05) is 12.1 Å². The third-order valence-electron chi connectivity index (χ3n) is 2.18. The van der Waals surface area contributed by atoms with Crippen LogP contribution in [0, 0.1) is 0 Å². The van der Waals surface area contributed by atoms with E-state index in [2.05, 4.69) is 29.4 Å². The molecule has 0 amide bonds. The molecule has 0 aromatic carbocycles. The Balaban J connectivity index is 2.30. The molecule has 1 N–H and O–H groups in total. The first-order valence-electron chi connectivity index (χ1n) is 6.03. The van der Waals surface area contributed by atoms with Crippen molar-refractivity contribution < 1.29 is 4.74 Å². The number of nitrogens with zero attached hydrogens (tertiary/aromatic N) is 2. The standard InChI is InChI=1S/C12H21N3O/c1-3-5-9-16-12-7-6-11(14-15-12)10-13-8-4-2/h6-7,13H,3-5,8-10H2,1-2H3. The number of nitrogens with one attached hydrogen (secondary N) is 1. The second-order valence-electron chi connectivity index (χ2n) is 3.74. The molecule has 0 aliphatic carbocycles. The monoisotopic (exact) mass is 223 g/mol. The number of ether oxygens (including phenoxy) is 1. The lowest BCUT2D eigenvalue weighted by Gasteiger charge is -2.04. The van der Waals surface area contributed by atoms with Gasteiger partial charge in [-0.1, -0.05) is 20.3 Å². The maximum Gasteiger partial charge on any atom is 0.233 e. The van der Waals surface area contributed by atoms with Crippen molar-refractivity contribution in [2.45, 2.75) is 39.7 Å². The van der Waals surface area contributed by atoms with Crippen LogP contribution in [-0.2, 0) is 6.54 Å². The van der Waals surface area contributed by atoms with Crippen LogP contribution in [0.3, 0.4) is 0 Å². The molecule has 1 aromatic heterocycles. The van der Waals surface area contributed by atoms with Crippen molar-refractivity contribution in [3.8, 4) is 5.88 Å². The summed E-state index contributed by atoms with van der Waals surface area (Å²) in [6.07, 6.45) is 3.32. The summed E-state index contributed by atoms with van der Waals surface area (Å²) in [5.41, 5.74) is 0.955. The summed E-state index contributed by atoms with van der Waals surface area (Å²) in [5, 5.41) is 11.4. The van der Waals surface area contributed by atoms with Crippen LogP contribution in [0.15, 0.2) is 12.1 Å². The highest BCUT2D eigenvalue weighted by Gasteiger charge is 1.98. The van der Waals surface area contributed by atoms with Gasteiger partial charge in [-0.3, -0.25) is 0 Å². The van der Waals surface area contributed by atoms with Gasteiger partial charge in [-0.15, -0.1) is 5.10 Å². The minimum absolute atomic E-state index is 0.618. The molecule has 0 radical (unpaired) electrons. The van der Waals surface area contributed by atoms with E-state index in [0.29, 0.717) is 5.88 Å². The van der Waals surface area contributed by atoms with E-state index in [-0.39, 0.29) is 0 Å². The maximum absolute atomic E-state index is 5.43. The summed E-state index contributed by atoms with van der Waals surface area (Å²) in [5.74, 6) is 0.618. The summed E-state index contributed by atoms with van der Waals surface area (Å²) < 4.78 is 5.43. The summed E-state index contributed by atoms with van der Waals surface area (Å²) in [6, 6.07) is 3.84. The number of unbranched alkanes of at least 4 members (excludes halogenated alkanes) is 1. The second kappa shape index (κ2) is 8.05. The number of hydrogen-bond donors (Lipinski definition) is 1. The van der Waals surface area contributed by atoms with E-state index in [0.717, 1.165) is 44.7 Å². The first-order valence-corrected chi connectivity index (χ1v) is 6.03. The Kier molecular flexibility index (Phi) is 6.49. The van der Waals surface area contributed by atoms with Gasteiger partial charge in [0.15, 0.2) is 0 Å². The predicted molar refractivity (Wildman–Crippen MR) is 64.4 cm³/mol. The molecule has 16 heavy (non-hydrogen) atoms. The predicted octanol–water partition coefficient (Wildman–Crippen LogP) is 2.16. The number of aromatic nitrogens is 2. The van der Waals surface area contributed by atoms with E-state index in [4.69, 9.17) is 4.74 Å². The van der Waals surface area contributed by atoms with Crippen LogP contribution in [0.25, 0.3) is 0 Å². The first kappa shape index (κ1) is 12.9. The topological polar surface area (TPSA) is 47.0 Å². The number of rotatable bonds is 8. The van der Waals surface area contributed by atoms with Gasteiger partial charge in [0.25, 0.3) is 0 Å². The van der Waals surface area contributed by atoms with Crippen LogP contribution >= 0.6 is 0 Å². The molecule has 0 unspecified atom stereocenters. The Morgan fingerprint density at radius 1 is 1.19 bits per heavy atom. The maximum atomic E-state index is 5.43. The normalized spacial score (nSPS) is 10.4. The summed E-state index contributed by atoms with van der Waals surface area (Å²) in [4.78, 5) is 0. The minimum atomic E-state index is 0.618. The van der Waals surface area contributed by atoms with E-state index >= 15 is 0 Å². The van der Waals surface area contributed by atoms with Crippen LogP contribution in [0.5, 0.6) is 5.88 Å². The Hall–Kier alpha value is -1.16. The Bertz CT molecular complexity index is 245. The van der Waals surface area contributed by atoms with E-state index in [1.165, 1.54) is 0 Å². The molecule has 0 spiro atoms. The minimum Gasteiger partial charge on any atom is -0.477 e. The molecule has 0 saturated heterocycles. The highest BCUT2D eigenvalue weighted by atomic mass is 16.5. The van der Waals surface area contributed by atoms with Gasteiger partial charge in [-0.2, -0.15) is 5.10 Å². The molecule has 4 heteroatoms. The van der Waals surface area contributed by atoms with E-state index < -0.39 is 0 Å². The summed E-state index contributed by atoms with van der Waals surface area (Å²) >= 11 is 0. The molecule has 0 saturated carbocycles. The fourth-order valence-corrected chi connectivity index (χ4v) is 1.23. The van der Waals surface area contributed by atoms with Crippen LogP contribution in [0.4, 0.5) is 0 Å². The van der Waals surface area contributed by atoms with Gasteiger partial charge in [0, 0.05) is 12.6 Å². The zero-order chi connectivity index (χ0) is 11.6. The van der Waals surface area contributed by atoms with Crippen molar-refractivity contribution in [2.24, 2.45) is 0 Å². The van der Waals surface area contributed by atoms with Crippen LogP contribution < -0.4 is 10.1 Å². The number of hydrogen-bond acceptors (Lipinski definition) is 4. The van der Waals surface area contributed by atoms with Gasteiger partial charge in [0.2, 0.25) is 5.88 Å². The Morgan fingerprint density at radius 2 is 2.06 bits per heavy atom. The highest BCUT2D eigenvalue weighted by Crippen LogP contribution is 2.05. The fourth-order valence-electron chi connectivity index (χ4n) is 1.23. The van der Waals surface area contributed by atoms with Crippen LogP contribution in [0.1, 0.15) is 38.8 Å². The average Bonchev–Trinajstić information content (AvgIpc) is 2.32. The Labute approximate surface area is 97.4 Å². The van der Waals surface area contributed by atoms with Crippen molar-refractivity contribution in [2.75, 3.05) is 13.2 Å². The van der Waals surface area contributed by atoms with Gasteiger partial charge in [0.05, 0.1) is 12.3 Å². The third kappa shape index (κ3) is 5.07. The van der Waals surface area contributed by atoms with Crippen LogP contribution in [0.2, 0.25) is 0 Å². The quantitative estimate of drug-likeness (QED) is 0.686. The molecule has 0 atom stereocenters. The van der Waals surface area contributed by atoms with E-state index in [1.54, 1.807) is 0 Å². The third-order valence-corrected chi connectivity index (χ3v) is 2.18. The van der Waals surface area contributed by atoms with Crippen molar-refractivity contribution in [3.63, 3.8) is 0 Å². The molecule has 90 valence electrons. The van der Waals surface area contributed by atoms with Crippen molar-refractivity contribution in [3.05, 3.63) is 17.8 Å². The summed E-state index contributed by atoms with van der Waals surface area (Å²) in [6.45, 7) is 6.78. The van der Waals surface area contributed by atoms with Gasteiger partial charge in [-0.25, -0.2) is 0 Å². The zero-order valence-electron chi connectivity index (χ0n) is 10.2. The SMILES string of the molecule is CCCCOc1ccc(CNCCC)nn1. The highest BCUT2D eigenvalue weighted by molar-refractivity contribution is 5.11. The van der Waals surface area contributed by atoms with Gasteiger partial charge >= 0.3 is 0 Å². The van der Waals surface area contributed by atoms with Gasteiger partial charge in [0.1, 0.15) is 0 Å². The smallest absolute Gasteiger partial charge is 0.233 e. The second-order valence-corrected chi connectivity index (χ2v) is 3.74. The Morgan fingerprint density at radius 3 is 2.69 bits per heavy atom. The van der Waals surface area contributed by atoms with Gasteiger partial charge < -0.3 is 10.1 Å². The molecule has 1 heterocycles. The lowest BCUT2D eigenvalue weighted by Crippen LogP contribution is -2.15. The molecular weight excluding hydrogens is 202 g/mol. The molecule has 4 nitrogen and oxygen atoms in total. The van der Waals surface area contributed by atoms with Crippen LogP contribution in [-0.4, -0.2) is 23.3 Å². The fraction of sp³-hybridized carbons (Fsp3) is 0.667. The molecule has 0 aliphatic rings. The van der Waals surface area contributed by atoms with Crippen molar-refractivity contribution in [1.82, 2.24) is 15.5 Å². The average molecular weight is 223 g/mol. The van der Waals surface area contributed by atoms with Crippen molar-refractivity contribution in [1.29, 1.82) is 0 Å². The van der Waals surface area contributed by atoms with E-state index in [9.17, 15) is 0 Å². The molecular formula is C12H21N3O. The zero-order valence-corrected chi connectivity index (χ0v) is 10.2. The summed E-state index contributed by atoms with van der Waals surface area (Å²) in [7, 11) is 0. The molecule has 0 aliphatic heterocycles. The first-order chi connectivity index (χ1) is 7.86. The lowest BCUT2D eigenvalue weighted by molar-refractivity contribution is 0.294. The molecule has 0 fully saturated rings.